The van der Waals surface area contributed by atoms with Gasteiger partial charge in [0.15, 0.2) is 0 Å². The van der Waals surface area contributed by atoms with E-state index >= 15 is 0 Å². The van der Waals surface area contributed by atoms with Crippen LogP contribution in [0.25, 0.3) is 0 Å². The topological polar surface area (TPSA) is 60.9 Å². The Morgan fingerprint density at radius 1 is 1.64 bits per heavy atom. The van der Waals surface area contributed by atoms with E-state index in [2.05, 4.69) is 20.9 Å². The molecule has 0 aromatic carbocycles. The van der Waals surface area contributed by atoms with E-state index in [-0.39, 0.29) is 5.56 Å². The highest BCUT2D eigenvalue weighted by Crippen LogP contribution is 2.13. The Hall–Kier alpha value is -0.680. The highest BCUT2D eigenvalue weighted by molar-refractivity contribution is 9.10. The van der Waals surface area contributed by atoms with Crippen LogP contribution in [0.3, 0.4) is 0 Å². The number of hydrogen-bond acceptors (Lipinski definition) is 3. The molecular weight excluding hydrogens is 246 g/mol. The third-order valence-electron chi connectivity index (χ3n) is 2.20. The number of hydrogen-bond donors (Lipinski definition) is 1. The fraction of sp³-hybridized carbons (Fsp3) is 0.556. The lowest BCUT2D eigenvalue weighted by atomic mass is 10.1. The molecule has 0 radical (unpaired) electrons. The summed E-state index contributed by atoms with van der Waals surface area (Å²) in [7, 11) is 0. The average molecular weight is 260 g/mol. The number of rotatable bonds is 2. The molecule has 2 N–H and O–H groups in total. The second kappa shape index (κ2) is 3.82. The molecule has 0 aliphatic rings. The number of nitrogens with zero attached hydrogens (tertiary/aromatic N) is 2. The number of halogens is 1. The van der Waals surface area contributed by atoms with E-state index in [1.807, 2.05) is 13.8 Å². The van der Waals surface area contributed by atoms with Gasteiger partial charge < -0.3 is 5.73 Å². The molecule has 0 saturated carbocycles. The Kier molecular flexibility index (Phi) is 3.11. The van der Waals surface area contributed by atoms with Crippen molar-refractivity contribution in [3.63, 3.8) is 0 Å². The predicted molar refractivity (Wildman–Crippen MR) is 59.3 cm³/mol. The first-order valence-corrected chi connectivity index (χ1v) is 5.14. The molecule has 1 aromatic heterocycles. The summed E-state index contributed by atoms with van der Waals surface area (Å²) in [6.45, 7) is 6.02. The molecule has 4 nitrogen and oxygen atoms in total. The first-order chi connectivity index (χ1) is 6.40. The molecule has 0 aliphatic heterocycles. The number of nitrogens with two attached hydrogens (primary N) is 1. The van der Waals surface area contributed by atoms with E-state index in [9.17, 15) is 4.79 Å². The molecule has 14 heavy (non-hydrogen) atoms. The zero-order chi connectivity index (χ0) is 10.9. The lowest BCUT2D eigenvalue weighted by molar-refractivity contribution is 0.342. The molecule has 0 atom stereocenters. The van der Waals surface area contributed by atoms with Crippen LogP contribution in [-0.2, 0) is 5.54 Å². The van der Waals surface area contributed by atoms with Gasteiger partial charge in [-0.05, 0) is 36.7 Å². The van der Waals surface area contributed by atoms with Gasteiger partial charge in [0.25, 0.3) is 5.56 Å². The molecule has 0 amide bonds. The SMILES string of the molecule is Cc1ncc(Br)c(=O)n1C(C)(C)CN. The first kappa shape index (κ1) is 11.4. The Morgan fingerprint density at radius 2 is 2.21 bits per heavy atom. The lowest BCUT2D eigenvalue weighted by Crippen LogP contribution is -2.43. The maximum Gasteiger partial charge on any atom is 0.268 e. The lowest BCUT2D eigenvalue weighted by Gasteiger charge is -2.27. The zero-order valence-corrected chi connectivity index (χ0v) is 10.1. The van der Waals surface area contributed by atoms with Crippen molar-refractivity contribution >= 4 is 15.9 Å². The third-order valence-corrected chi connectivity index (χ3v) is 2.74. The summed E-state index contributed by atoms with van der Waals surface area (Å²) in [5.41, 5.74) is 5.13. The Bertz CT molecular complexity index is 398. The highest BCUT2D eigenvalue weighted by Gasteiger charge is 2.22. The fourth-order valence-electron chi connectivity index (χ4n) is 1.32. The highest BCUT2D eigenvalue weighted by atomic mass is 79.9. The minimum Gasteiger partial charge on any atom is -0.328 e. The van der Waals surface area contributed by atoms with Gasteiger partial charge in [-0.15, -0.1) is 0 Å². The van der Waals surface area contributed by atoms with Crippen LogP contribution in [0, 0.1) is 6.92 Å². The van der Waals surface area contributed by atoms with Crippen molar-refractivity contribution in [1.82, 2.24) is 9.55 Å². The van der Waals surface area contributed by atoms with Crippen LogP contribution in [-0.4, -0.2) is 16.1 Å². The van der Waals surface area contributed by atoms with Crippen molar-refractivity contribution in [3.8, 4) is 0 Å². The summed E-state index contributed by atoms with van der Waals surface area (Å²) in [6, 6.07) is 0. The summed E-state index contributed by atoms with van der Waals surface area (Å²) < 4.78 is 2.07. The molecule has 0 saturated heterocycles. The minimum atomic E-state index is -0.405. The maximum atomic E-state index is 11.8. The molecule has 1 aromatic rings. The summed E-state index contributed by atoms with van der Waals surface area (Å²) >= 11 is 3.17. The fourth-order valence-corrected chi connectivity index (χ4v) is 1.60. The largest absolute Gasteiger partial charge is 0.328 e. The number of aromatic nitrogens is 2. The predicted octanol–water partition coefficient (Wildman–Crippen LogP) is 1.01. The Balaban J connectivity index is 3.48. The van der Waals surface area contributed by atoms with Crippen molar-refractivity contribution in [1.29, 1.82) is 0 Å². The van der Waals surface area contributed by atoms with Gasteiger partial charge in [0.05, 0.1) is 5.54 Å². The summed E-state index contributed by atoms with van der Waals surface area (Å²) in [4.78, 5) is 15.9. The van der Waals surface area contributed by atoms with Gasteiger partial charge in [0.2, 0.25) is 0 Å². The molecule has 0 fully saturated rings. The van der Waals surface area contributed by atoms with E-state index in [0.29, 0.717) is 16.8 Å². The van der Waals surface area contributed by atoms with Gasteiger partial charge in [0.1, 0.15) is 10.3 Å². The molecule has 78 valence electrons. The van der Waals surface area contributed by atoms with Crippen molar-refractivity contribution in [2.45, 2.75) is 26.3 Å². The van der Waals surface area contributed by atoms with Gasteiger partial charge in [-0.2, -0.15) is 0 Å². The van der Waals surface area contributed by atoms with Crippen LogP contribution in [0.1, 0.15) is 19.7 Å². The molecule has 0 unspecified atom stereocenters. The molecule has 5 heteroatoms. The van der Waals surface area contributed by atoms with Crippen molar-refractivity contribution in [2.75, 3.05) is 6.54 Å². The van der Waals surface area contributed by atoms with Crippen LogP contribution in [0.5, 0.6) is 0 Å². The van der Waals surface area contributed by atoms with Crippen molar-refractivity contribution in [3.05, 3.63) is 26.8 Å². The Labute approximate surface area is 91.3 Å². The molecule has 0 aliphatic carbocycles. The van der Waals surface area contributed by atoms with Crippen molar-refractivity contribution in [2.24, 2.45) is 5.73 Å². The molecule has 1 heterocycles. The number of aryl methyl sites for hydroxylation is 1. The van der Waals surface area contributed by atoms with Crippen LogP contribution in [0.15, 0.2) is 15.5 Å². The monoisotopic (exact) mass is 259 g/mol. The smallest absolute Gasteiger partial charge is 0.268 e. The van der Waals surface area contributed by atoms with E-state index in [1.165, 1.54) is 6.20 Å². The van der Waals surface area contributed by atoms with E-state index < -0.39 is 5.54 Å². The minimum absolute atomic E-state index is 0.0899. The molecule has 0 spiro atoms. The van der Waals surface area contributed by atoms with Crippen LogP contribution in [0.4, 0.5) is 0 Å². The van der Waals surface area contributed by atoms with Gasteiger partial charge in [0, 0.05) is 12.7 Å². The summed E-state index contributed by atoms with van der Waals surface area (Å²) in [5.74, 6) is 0.675. The average Bonchev–Trinajstić information content (AvgIpc) is 2.12. The second-order valence-electron chi connectivity index (χ2n) is 3.81. The van der Waals surface area contributed by atoms with Crippen LogP contribution >= 0.6 is 15.9 Å². The molecule has 1 rings (SSSR count). The van der Waals surface area contributed by atoms with Gasteiger partial charge in [-0.25, -0.2) is 4.98 Å². The van der Waals surface area contributed by atoms with Gasteiger partial charge in [-0.1, -0.05) is 0 Å². The standard InChI is InChI=1S/C9H14BrN3O/c1-6-12-4-7(10)8(14)13(6)9(2,3)5-11/h4H,5,11H2,1-3H3. The molecule has 0 bridgehead atoms. The zero-order valence-electron chi connectivity index (χ0n) is 8.54. The van der Waals surface area contributed by atoms with E-state index in [1.54, 1.807) is 11.5 Å². The van der Waals surface area contributed by atoms with Gasteiger partial charge >= 0.3 is 0 Å². The third kappa shape index (κ3) is 1.88. The van der Waals surface area contributed by atoms with Crippen molar-refractivity contribution < 1.29 is 0 Å². The Morgan fingerprint density at radius 3 is 2.71 bits per heavy atom. The summed E-state index contributed by atoms with van der Waals surface area (Å²) in [6.07, 6.45) is 1.51. The quantitative estimate of drug-likeness (QED) is 0.863. The van der Waals surface area contributed by atoms with E-state index in [4.69, 9.17) is 5.73 Å². The second-order valence-corrected chi connectivity index (χ2v) is 4.66. The normalized spacial score (nSPS) is 11.8. The first-order valence-electron chi connectivity index (χ1n) is 4.35. The summed E-state index contributed by atoms with van der Waals surface area (Å²) in [5, 5.41) is 0. The van der Waals surface area contributed by atoms with Gasteiger partial charge in [-0.3, -0.25) is 9.36 Å². The van der Waals surface area contributed by atoms with Crippen LogP contribution in [0.2, 0.25) is 0 Å². The van der Waals surface area contributed by atoms with E-state index in [0.717, 1.165) is 0 Å². The molecular formula is C9H14BrN3O. The maximum absolute atomic E-state index is 11.8. The van der Waals surface area contributed by atoms with Crippen LogP contribution < -0.4 is 11.3 Å².